The van der Waals surface area contributed by atoms with Crippen molar-refractivity contribution in [3.8, 4) is 0 Å². The summed E-state index contributed by atoms with van der Waals surface area (Å²) < 4.78 is 0. The minimum Gasteiger partial charge on any atom is -0.354 e. The van der Waals surface area contributed by atoms with Crippen molar-refractivity contribution in [2.75, 3.05) is 0 Å². The van der Waals surface area contributed by atoms with E-state index in [1.165, 1.54) is 25.7 Å². The highest BCUT2D eigenvalue weighted by Crippen LogP contribution is 2.36. The van der Waals surface area contributed by atoms with Gasteiger partial charge in [-0.3, -0.25) is 9.59 Å². The van der Waals surface area contributed by atoms with E-state index in [0.717, 1.165) is 35.0 Å². The van der Waals surface area contributed by atoms with Gasteiger partial charge < -0.3 is 4.98 Å². The van der Waals surface area contributed by atoms with Crippen LogP contribution in [0.15, 0.2) is 29.8 Å². The molecule has 1 heterocycles. The number of rotatable bonds is 6. The molecule has 2 aromatic rings. The van der Waals surface area contributed by atoms with Gasteiger partial charge in [0.05, 0.1) is 11.3 Å². The minimum atomic E-state index is -0.371. The second-order valence-electron chi connectivity index (χ2n) is 6.35. The highest BCUT2D eigenvalue weighted by Gasteiger charge is 2.33. The van der Waals surface area contributed by atoms with Gasteiger partial charge >= 0.3 is 0 Å². The number of Topliss-reactive ketones (excluding diaryl/α,β-unsaturated/α-hetero) is 2. The van der Waals surface area contributed by atoms with Crippen molar-refractivity contribution in [2.24, 2.45) is 0 Å². The Morgan fingerprint density at radius 2 is 1.70 bits per heavy atom. The van der Waals surface area contributed by atoms with E-state index in [-0.39, 0.29) is 11.6 Å². The predicted octanol–water partition coefficient (Wildman–Crippen LogP) is 5.07. The molecule has 0 unspecified atom stereocenters. The molecule has 1 aliphatic carbocycles. The molecule has 1 aromatic carbocycles. The van der Waals surface area contributed by atoms with Gasteiger partial charge in [0.15, 0.2) is 0 Å². The van der Waals surface area contributed by atoms with E-state index >= 15 is 0 Å². The molecule has 0 atom stereocenters. The molecule has 0 radical (unpaired) electrons. The first-order valence-corrected chi connectivity index (χ1v) is 8.55. The first-order valence-electron chi connectivity index (χ1n) is 8.55. The molecule has 23 heavy (non-hydrogen) atoms. The molecule has 1 N–H and O–H groups in total. The highest BCUT2D eigenvalue weighted by atomic mass is 16.2. The molecule has 0 spiro atoms. The van der Waals surface area contributed by atoms with E-state index in [1.54, 1.807) is 6.92 Å². The van der Waals surface area contributed by atoms with Gasteiger partial charge in [-0.05, 0) is 31.4 Å². The third kappa shape index (κ3) is 2.76. The second-order valence-corrected chi connectivity index (χ2v) is 6.35. The fraction of sp³-hybridized carbons (Fsp3) is 0.400. The Morgan fingerprint density at radius 3 is 2.48 bits per heavy atom. The molecule has 0 bridgehead atoms. The number of carbonyl (C=O) groups excluding carboxylic acids is 2. The van der Waals surface area contributed by atoms with Crippen LogP contribution in [-0.2, 0) is 4.79 Å². The molecule has 0 saturated carbocycles. The van der Waals surface area contributed by atoms with E-state index in [4.69, 9.17) is 0 Å². The monoisotopic (exact) mass is 309 g/mol. The lowest BCUT2D eigenvalue weighted by atomic mass is 9.85. The number of benzene rings is 1. The standard InChI is InChI=1S/C20H23NO2/c1-3-4-5-6-7-10-14-13(2)19(22)20(23)17-15-11-8-9-12-16(15)21-18(14)17/h8-9,11-12,21H,3-7,10H2,1-2H3. The number of hydrogen-bond donors (Lipinski definition) is 1. The van der Waals surface area contributed by atoms with E-state index in [2.05, 4.69) is 11.9 Å². The molecule has 0 fully saturated rings. The Balaban J connectivity index is 1.96. The molecule has 0 saturated heterocycles. The lowest BCUT2D eigenvalue weighted by Crippen LogP contribution is -2.22. The van der Waals surface area contributed by atoms with Crippen molar-refractivity contribution in [2.45, 2.75) is 52.4 Å². The number of nitrogens with one attached hydrogen (secondary N) is 1. The number of aromatic amines is 1. The van der Waals surface area contributed by atoms with Crippen LogP contribution in [0, 0.1) is 0 Å². The molecule has 120 valence electrons. The average Bonchev–Trinajstić information content (AvgIpc) is 2.94. The summed E-state index contributed by atoms with van der Waals surface area (Å²) >= 11 is 0. The van der Waals surface area contributed by atoms with E-state index < -0.39 is 0 Å². The fourth-order valence-corrected chi connectivity index (χ4v) is 3.43. The lowest BCUT2D eigenvalue weighted by molar-refractivity contribution is -0.111. The van der Waals surface area contributed by atoms with Crippen LogP contribution in [0.4, 0.5) is 0 Å². The summed E-state index contributed by atoms with van der Waals surface area (Å²) in [5.41, 5.74) is 4.00. The van der Waals surface area contributed by atoms with Crippen LogP contribution in [0.5, 0.6) is 0 Å². The van der Waals surface area contributed by atoms with Crippen molar-refractivity contribution in [1.82, 2.24) is 4.98 Å². The molecule has 1 aliphatic rings. The van der Waals surface area contributed by atoms with Crippen molar-refractivity contribution in [3.05, 3.63) is 41.1 Å². The summed E-state index contributed by atoms with van der Waals surface area (Å²) in [6.07, 6.45) is 6.79. The molecular weight excluding hydrogens is 286 g/mol. The van der Waals surface area contributed by atoms with Gasteiger partial charge in [-0.25, -0.2) is 0 Å². The van der Waals surface area contributed by atoms with Crippen LogP contribution in [-0.4, -0.2) is 16.6 Å². The van der Waals surface area contributed by atoms with Crippen LogP contribution in [0.3, 0.4) is 0 Å². The quantitative estimate of drug-likeness (QED) is 0.598. The first-order chi connectivity index (χ1) is 11.1. The maximum atomic E-state index is 12.5. The number of carbonyl (C=O) groups is 2. The van der Waals surface area contributed by atoms with E-state index in [9.17, 15) is 9.59 Å². The van der Waals surface area contributed by atoms with Gasteiger partial charge in [0.1, 0.15) is 0 Å². The maximum absolute atomic E-state index is 12.5. The Kier molecular flexibility index (Phi) is 4.46. The Morgan fingerprint density at radius 1 is 0.957 bits per heavy atom. The number of para-hydroxylation sites is 1. The Hall–Kier alpha value is -2.16. The zero-order chi connectivity index (χ0) is 16.4. The molecule has 3 nitrogen and oxygen atoms in total. The second kappa shape index (κ2) is 6.53. The maximum Gasteiger partial charge on any atom is 0.235 e. The summed E-state index contributed by atoms with van der Waals surface area (Å²) in [6, 6.07) is 7.72. The van der Waals surface area contributed by atoms with Crippen LogP contribution >= 0.6 is 0 Å². The molecule has 3 rings (SSSR count). The smallest absolute Gasteiger partial charge is 0.235 e. The van der Waals surface area contributed by atoms with E-state index in [1.807, 2.05) is 24.3 Å². The number of unbranched alkanes of at least 4 members (excludes halogenated alkanes) is 4. The molecule has 3 heteroatoms. The largest absolute Gasteiger partial charge is 0.354 e. The predicted molar refractivity (Wildman–Crippen MR) is 93.6 cm³/mol. The molecule has 0 amide bonds. The molecule has 1 aromatic heterocycles. The van der Waals surface area contributed by atoms with Gasteiger partial charge in [0, 0.05) is 16.5 Å². The van der Waals surface area contributed by atoms with Crippen LogP contribution < -0.4 is 0 Å². The van der Waals surface area contributed by atoms with Gasteiger partial charge in [-0.2, -0.15) is 0 Å². The number of ketones is 2. The molecular formula is C20H23NO2. The fourth-order valence-electron chi connectivity index (χ4n) is 3.43. The number of aromatic nitrogens is 1. The molecule has 0 aliphatic heterocycles. The van der Waals surface area contributed by atoms with Crippen LogP contribution in [0.2, 0.25) is 0 Å². The zero-order valence-electron chi connectivity index (χ0n) is 13.9. The van der Waals surface area contributed by atoms with Gasteiger partial charge in [-0.1, -0.05) is 50.8 Å². The Bertz CT molecular complexity index is 795. The van der Waals surface area contributed by atoms with Crippen molar-refractivity contribution in [1.29, 1.82) is 0 Å². The van der Waals surface area contributed by atoms with Gasteiger partial charge in [-0.15, -0.1) is 0 Å². The van der Waals surface area contributed by atoms with Crippen LogP contribution in [0.1, 0.15) is 68.4 Å². The normalized spacial score (nSPS) is 14.7. The number of allylic oxidation sites excluding steroid dienone is 2. The van der Waals surface area contributed by atoms with Gasteiger partial charge in [0.2, 0.25) is 11.6 Å². The third-order valence-corrected chi connectivity index (χ3v) is 4.76. The van der Waals surface area contributed by atoms with E-state index in [0.29, 0.717) is 11.1 Å². The number of fused-ring (bicyclic) bond motifs is 3. The van der Waals surface area contributed by atoms with Crippen molar-refractivity contribution < 1.29 is 9.59 Å². The minimum absolute atomic E-state index is 0.342. The van der Waals surface area contributed by atoms with Crippen molar-refractivity contribution >= 4 is 28.0 Å². The number of H-pyrrole nitrogens is 1. The summed E-state index contributed by atoms with van der Waals surface area (Å²) in [5.74, 6) is -0.713. The summed E-state index contributed by atoms with van der Waals surface area (Å²) in [6.45, 7) is 3.99. The summed E-state index contributed by atoms with van der Waals surface area (Å²) in [5, 5.41) is 0.858. The summed E-state index contributed by atoms with van der Waals surface area (Å²) in [7, 11) is 0. The zero-order valence-corrected chi connectivity index (χ0v) is 13.9. The highest BCUT2D eigenvalue weighted by molar-refractivity contribution is 6.54. The van der Waals surface area contributed by atoms with Gasteiger partial charge in [0.25, 0.3) is 0 Å². The Labute approximate surface area is 136 Å². The average molecular weight is 309 g/mol. The third-order valence-electron chi connectivity index (χ3n) is 4.76. The summed E-state index contributed by atoms with van der Waals surface area (Å²) in [4.78, 5) is 28.2. The van der Waals surface area contributed by atoms with Crippen molar-refractivity contribution in [3.63, 3.8) is 0 Å². The number of hydrogen-bond acceptors (Lipinski definition) is 2. The lowest BCUT2D eigenvalue weighted by Gasteiger charge is -2.17. The SMILES string of the molecule is CCCCCCCC1=C(C)C(=O)C(=O)c2c1[nH]c1ccccc21. The first kappa shape index (κ1) is 15.7. The topological polar surface area (TPSA) is 49.9 Å². The van der Waals surface area contributed by atoms with Crippen LogP contribution in [0.25, 0.3) is 16.5 Å².